The van der Waals surface area contributed by atoms with Crippen LogP contribution in [0.15, 0.2) is 48.5 Å². The first-order valence-corrected chi connectivity index (χ1v) is 5.10. The molecule has 0 heterocycles. The maximum Gasteiger partial charge on any atom is 0.462 e. The smallest absolute Gasteiger partial charge is 0.243 e. The summed E-state index contributed by atoms with van der Waals surface area (Å²) >= 11 is 0. The van der Waals surface area contributed by atoms with Crippen molar-refractivity contribution in [3.8, 4) is 0 Å². The molecule has 0 N–H and O–H groups in total. The summed E-state index contributed by atoms with van der Waals surface area (Å²) in [5, 5.41) is 11.1. The second-order valence-electron chi connectivity index (χ2n) is 3.56. The second-order valence-corrected chi connectivity index (χ2v) is 3.56. The van der Waals surface area contributed by atoms with E-state index in [4.69, 9.17) is 0 Å². The normalized spacial score (nSPS) is 10.1. The predicted octanol–water partition coefficient (Wildman–Crippen LogP) is 3.65. The van der Waals surface area contributed by atoms with Crippen LogP contribution in [0.5, 0.6) is 0 Å². The Morgan fingerprint density at radius 3 is 1.94 bits per heavy atom. The summed E-state index contributed by atoms with van der Waals surface area (Å²) in [6, 6.07) is 10.4. The van der Waals surface area contributed by atoms with E-state index in [1.165, 1.54) is 12.1 Å². The van der Waals surface area contributed by atoms with E-state index < -0.39 is 17.7 Å². The Bertz CT molecular complexity index is 552. The van der Waals surface area contributed by atoms with Crippen molar-refractivity contribution in [1.29, 1.82) is 0 Å². The van der Waals surface area contributed by atoms with Gasteiger partial charge in [-0.3, -0.25) is 0 Å². The fourth-order valence-electron chi connectivity index (χ4n) is 1.61. The van der Waals surface area contributed by atoms with Crippen molar-refractivity contribution in [3.05, 3.63) is 60.2 Å². The summed E-state index contributed by atoms with van der Waals surface area (Å²) in [7, 11) is 0. The zero-order valence-corrected chi connectivity index (χ0v) is 9.14. The number of para-hydroxylation sites is 1. The van der Waals surface area contributed by atoms with Gasteiger partial charge in [0.05, 0.1) is 11.4 Å². The number of anilines is 2. The lowest BCUT2D eigenvalue weighted by molar-refractivity contribution is 0.179. The van der Waals surface area contributed by atoms with Gasteiger partial charge in [-0.15, -0.1) is 0 Å². The monoisotopic (exact) mass is 248 g/mol. The Hall–Kier alpha value is -2.43. The number of nitrogens with zero attached hydrogens (tertiary/aromatic N) is 1. The molecule has 1 amide bonds. The summed E-state index contributed by atoms with van der Waals surface area (Å²) in [4.78, 5) is 11.8. The Balaban J connectivity index is 2.52. The van der Waals surface area contributed by atoms with E-state index >= 15 is 0 Å². The summed E-state index contributed by atoms with van der Waals surface area (Å²) in [6.45, 7) is 0. The number of hydrogen-bond donors (Lipinski definition) is 0. The van der Waals surface area contributed by atoms with Gasteiger partial charge >= 0.3 is 6.09 Å². The van der Waals surface area contributed by atoms with Crippen LogP contribution in [-0.4, -0.2) is 6.09 Å². The largest absolute Gasteiger partial charge is 0.462 e. The van der Waals surface area contributed by atoms with Crippen LogP contribution in [0.25, 0.3) is 0 Å². The molecule has 0 fully saturated rings. The minimum absolute atomic E-state index is 0.140. The lowest BCUT2D eigenvalue weighted by atomic mass is 10.2. The number of hydrogen-bond acceptors (Lipinski definition) is 1. The zero-order chi connectivity index (χ0) is 13.1. The molecular weight excluding hydrogens is 240 g/mol. The molecule has 91 valence electrons. The van der Waals surface area contributed by atoms with Crippen molar-refractivity contribution in [1.82, 2.24) is 0 Å². The highest BCUT2D eigenvalue weighted by Crippen LogP contribution is 2.26. The average molecular weight is 248 g/mol. The molecule has 0 saturated heterocycles. The zero-order valence-electron chi connectivity index (χ0n) is 9.14. The van der Waals surface area contributed by atoms with Gasteiger partial charge in [-0.1, -0.05) is 18.2 Å². The van der Waals surface area contributed by atoms with Crippen molar-refractivity contribution >= 4 is 17.5 Å². The summed E-state index contributed by atoms with van der Waals surface area (Å²) < 4.78 is 26.2. The number of rotatable bonds is 2. The molecule has 5 heteroatoms. The molecule has 0 aromatic heterocycles. The highest BCUT2D eigenvalue weighted by molar-refractivity contribution is 5.94. The molecule has 0 spiro atoms. The van der Waals surface area contributed by atoms with Gasteiger partial charge in [0.15, 0.2) is 0 Å². The van der Waals surface area contributed by atoms with Gasteiger partial charge in [-0.2, -0.15) is 0 Å². The third-order valence-electron chi connectivity index (χ3n) is 2.30. The van der Waals surface area contributed by atoms with Crippen molar-refractivity contribution in [2.45, 2.75) is 0 Å². The second kappa shape index (κ2) is 4.83. The van der Waals surface area contributed by atoms with Crippen molar-refractivity contribution in [2.75, 3.05) is 4.90 Å². The standard InChI is InChI=1S/C13H8F2NO2/c14-9-6-10(15)8-12(7-9)16(13(17)18)11-4-2-1-3-5-11/h1-8H. The Labute approximate surface area is 102 Å². The number of halogens is 2. The van der Waals surface area contributed by atoms with Crippen molar-refractivity contribution in [2.24, 2.45) is 0 Å². The Morgan fingerprint density at radius 1 is 0.889 bits per heavy atom. The first kappa shape index (κ1) is 12.0. The SMILES string of the molecule is [O]C(=O)N(c1ccccc1)c1cc(F)cc(F)c1. The van der Waals surface area contributed by atoms with E-state index in [0.717, 1.165) is 12.1 Å². The molecule has 0 aliphatic carbocycles. The van der Waals surface area contributed by atoms with Crippen LogP contribution in [0.3, 0.4) is 0 Å². The van der Waals surface area contributed by atoms with E-state index in [1.54, 1.807) is 18.2 Å². The van der Waals surface area contributed by atoms with Crippen LogP contribution in [0.4, 0.5) is 25.0 Å². The van der Waals surface area contributed by atoms with Crippen LogP contribution in [0, 0.1) is 11.6 Å². The van der Waals surface area contributed by atoms with Gasteiger partial charge in [-0.05, 0) is 24.3 Å². The molecule has 0 atom stereocenters. The highest BCUT2D eigenvalue weighted by atomic mass is 19.1. The van der Waals surface area contributed by atoms with Gasteiger partial charge in [0.1, 0.15) is 11.6 Å². The molecule has 0 aliphatic rings. The highest BCUT2D eigenvalue weighted by Gasteiger charge is 2.19. The van der Waals surface area contributed by atoms with Crippen molar-refractivity contribution < 1.29 is 18.7 Å². The molecule has 3 nitrogen and oxygen atoms in total. The van der Waals surface area contributed by atoms with E-state index in [1.807, 2.05) is 0 Å². The molecule has 2 aromatic rings. The number of benzene rings is 2. The lowest BCUT2D eigenvalue weighted by Gasteiger charge is -2.18. The maximum absolute atomic E-state index is 13.1. The molecule has 0 saturated carbocycles. The van der Waals surface area contributed by atoms with Crippen molar-refractivity contribution in [3.63, 3.8) is 0 Å². The van der Waals surface area contributed by atoms with Gasteiger partial charge in [-0.25, -0.2) is 23.6 Å². The number of amides is 1. The summed E-state index contributed by atoms with van der Waals surface area (Å²) in [6.07, 6.45) is -1.56. The lowest BCUT2D eigenvalue weighted by Crippen LogP contribution is -2.22. The summed E-state index contributed by atoms with van der Waals surface area (Å²) in [5.74, 6) is -1.71. The molecule has 18 heavy (non-hydrogen) atoms. The van der Waals surface area contributed by atoms with Crippen LogP contribution in [0.2, 0.25) is 0 Å². The minimum atomic E-state index is -1.56. The van der Waals surface area contributed by atoms with Crippen LogP contribution in [-0.2, 0) is 5.11 Å². The Kier molecular flexibility index (Phi) is 3.23. The van der Waals surface area contributed by atoms with Gasteiger partial charge in [0, 0.05) is 6.07 Å². The molecule has 0 unspecified atom stereocenters. The fourth-order valence-corrected chi connectivity index (χ4v) is 1.61. The number of carbonyl (C=O) groups is 1. The number of carbonyl (C=O) groups excluding carboxylic acids is 1. The first-order valence-electron chi connectivity index (χ1n) is 5.10. The summed E-state index contributed by atoms with van der Waals surface area (Å²) in [5.41, 5.74) is 0.112. The molecule has 0 aliphatic heterocycles. The first-order chi connectivity index (χ1) is 8.58. The maximum atomic E-state index is 13.1. The average Bonchev–Trinajstić information content (AvgIpc) is 2.28. The molecule has 0 bridgehead atoms. The van der Waals surface area contributed by atoms with Gasteiger partial charge in [0.2, 0.25) is 0 Å². The van der Waals surface area contributed by atoms with E-state index in [-0.39, 0.29) is 11.4 Å². The van der Waals surface area contributed by atoms with Crippen LogP contribution in [0.1, 0.15) is 0 Å². The molecule has 2 rings (SSSR count). The predicted molar refractivity (Wildman–Crippen MR) is 61.0 cm³/mol. The molecule has 2 aromatic carbocycles. The van der Waals surface area contributed by atoms with Crippen LogP contribution >= 0.6 is 0 Å². The quantitative estimate of drug-likeness (QED) is 0.799. The van der Waals surface area contributed by atoms with E-state index in [9.17, 15) is 18.7 Å². The Morgan fingerprint density at radius 2 is 1.44 bits per heavy atom. The minimum Gasteiger partial charge on any atom is -0.243 e. The fraction of sp³-hybridized carbons (Fsp3) is 0. The van der Waals surface area contributed by atoms with Gasteiger partial charge < -0.3 is 0 Å². The third-order valence-corrected chi connectivity index (χ3v) is 2.30. The topological polar surface area (TPSA) is 40.2 Å². The molecular formula is C13H8F2NO2. The van der Waals surface area contributed by atoms with Crippen LogP contribution < -0.4 is 4.90 Å². The van der Waals surface area contributed by atoms with E-state index in [0.29, 0.717) is 11.0 Å². The molecule has 1 radical (unpaired) electrons. The van der Waals surface area contributed by atoms with E-state index in [2.05, 4.69) is 0 Å². The van der Waals surface area contributed by atoms with Gasteiger partial charge in [0.25, 0.3) is 0 Å². The third kappa shape index (κ3) is 2.45.